The molecule has 0 unspecified atom stereocenters. The van der Waals surface area contributed by atoms with Crippen LogP contribution in [0.2, 0.25) is 0 Å². The number of anilines is 1. The predicted molar refractivity (Wildman–Crippen MR) is 105 cm³/mol. The number of carbonyl (C=O) groups is 2. The van der Waals surface area contributed by atoms with Gasteiger partial charge in [0.15, 0.2) is 18.1 Å². The Labute approximate surface area is 168 Å². The highest BCUT2D eigenvalue weighted by Crippen LogP contribution is 2.33. The average molecular weight is 476 g/mol. The summed E-state index contributed by atoms with van der Waals surface area (Å²) in [5.74, 6) is -0.246. The van der Waals surface area contributed by atoms with Crippen molar-refractivity contribution in [2.75, 3.05) is 18.7 Å². The minimum atomic E-state index is -0.882. The van der Waals surface area contributed by atoms with Gasteiger partial charge >= 0.3 is 5.97 Å². The quantitative estimate of drug-likeness (QED) is 0.308. The van der Waals surface area contributed by atoms with E-state index in [9.17, 15) is 14.9 Å². The van der Waals surface area contributed by atoms with E-state index in [0.717, 1.165) is 3.57 Å². The number of rotatable bonds is 5. The van der Waals surface area contributed by atoms with Crippen LogP contribution in [0.1, 0.15) is 5.56 Å². The maximum atomic E-state index is 12.1. The third kappa shape index (κ3) is 4.98. The fraction of sp³-hybridized carbons (Fsp3) is 0.105. The third-order valence-electron chi connectivity index (χ3n) is 3.51. The van der Waals surface area contributed by atoms with Crippen molar-refractivity contribution in [2.24, 2.45) is 0 Å². The molecule has 0 radical (unpaired) electrons. The molecular weight excluding hydrogens is 463 g/mol. The molecular formula is C19H13IN2O5. The van der Waals surface area contributed by atoms with E-state index in [4.69, 9.17) is 14.2 Å². The monoisotopic (exact) mass is 476 g/mol. The number of nitriles is 1. The van der Waals surface area contributed by atoms with Crippen LogP contribution in [0.3, 0.4) is 0 Å². The SMILES string of the molecule is N#CC(=Cc1ccc2c(c1)OCO2)C(=O)OCC(=O)Nc1ccc(I)cc1. The minimum Gasteiger partial charge on any atom is -0.454 e. The highest BCUT2D eigenvalue weighted by atomic mass is 127. The maximum Gasteiger partial charge on any atom is 0.349 e. The van der Waals surface area contributed by atoms with Gasteiger partial charge in [-0.05, 0) is 70.6 Å². The van der Waals surface area contributed by atoms with E-state index in [2.05, 4.69) is 27.9 Å². The molecule has 0 atom stereocenters. The highest BCUT2D eigenvalue weighted by molar-refractivity contribution is 14.1. The number of hydrogen-bond acceptors (Lipinski definition) is 6. The van der Waals surface area contributed by atoms with Gasteiger partial charge in [0.2, 0.25) is 6.79 Å². The first kappa shape index (κ1) is 18.7. The summed E-state index contributed by atoms with van der Waals surface area (Å²) in [6.07, 6.45) is 1.36. The van der Waals surface area contributed by atoms with Gasteiger partial charge in [0.25, 0.3) is 5.91 Å². The molecule has 0 saturated carbocycles. The zero-order chi connectivity index (χ0) is 19.2. The summed E-state index contributed by atoms with van der Waals surface area (Å²) in [5, 5.41) is 11.8. The molecule has 0 aromatic heterocycles. The lowest BCUT2D eigenvalue weighted by molar-refractivity contribution is -0.142. The van der Waals surface area contributed by atoms with Crippen molar-refractivity contribution in [3.63, 3.8) is 0 Å². The van der Waals surface area contributed by atoms with Gasteiger partial charge in [-0.2, -0.15) is 5.26 Å². The number of nitrogens with zero attached hydrogens (tertiary/aromatic N) is 1. The van der Waals surface area contributed by atoms with Gasteiger partial charge < -0.3 is 19.5 Å². The zero-order valence-corrected chi connectivity index (χ0v) is 16.1. The molecule has 1 aliphatic rings. The van der Waals surface area contributed by atoms with Crippen LogP contribution in [-0.2, 0) is 14.3 Å². The Morgan fingerprint density at radius 3 is 2.67 bits per heavy atom. The first-order chi connectivity index (χ1) is 13.0. The van der Waals surface area contributed by atoms with Crippen LogP contribution >= 0.6 is 22.6 Å². The summed E-state index contributed by atoms with van der Waals surface area (Å²) in [5.41, 5.74) is 0.944. The highest BCUT2D eigenvalue weighted by Gasteiger charge is 2.16. The summed E-state index contributed by atoms with van der Waals surface area (Å²) in [7, 11) is 0. The molecule has 1 N–H and O–H groups in total. The molecule has 27 heavy (non-hydrogen) atoms. The Bertz CT molecular complexity index is 948. The number of nitrogens with one attached hydrogen (secondary N) is 1. The Kier molecular flexibility index (Phi) is 5.93. The first-order valence-electron chi connectivity index (χ1n) is 7.79. The summed E-state index contributed by atoms with van der Waals surface area (Å²) >= 11 is 2.15. The van der Waals surface area contributed by atoms with Gasteiger partial charge in [0.1, 0.15) is 11.6 Å². The molecule has 2 aromatic carbocycles. The summed E-state index contributed by atoms with van der Waals surface area (Å²) in [6, 6.07) is 13.9. The Hall–Kier alpha value is -3.06. The standard InChI is InChI=1S/C19H13IN2O5/c20-14-2-4-15(5-3-14)22-18(23)10-25-19(24)13(9-21)7-12-1-6-16-17(8-12)27-11-26-16/h1-8H,10-11H2,(H,22,23). The van der Waals surface area contributed by atoms with Gasteiger partial charge in [0.05, 0.1) is 0 Å². The number of esters is 1. The van der Waals surface area contributed by atoms with Crippen LogP contribution in [0.15, 0.2) is 48.0 Å². The molecule has 0 spiro atoms. The lowest BCUT2D eigenvalue weighted by Gasteiger charge is -2.06. The van der Waals surface area contributed by atoms with Gasteiger partial charge in [-0.15, -0.1) is 0 Å². The van der Waals surface area contributed by atoms with Gasteiger partial charge in [-0.3, -0.25) is 4.79 Å². The van der Waals surface area contributed by atoms with Gasteiger partial charge in [-0.25, -0.2) is 4.79 Å². The van der Waals surface area contributed by atoms with Crippen molar-refractivity contribution >= 4 is 46.2 Å². The minimum absolute atomic E-state index is 0.130. The molecule has 0 bridgehead atoms. The van der Waals surface area contributed by atoms with Crippen molar-refractivity contribution in [3.8, 4) is 17.6 Å². The van der Waals surface area contributed by atoms with Gasteiger partial charge in [0, 0.05) is 9.26 Å². The number of benzene rings is 2. The second-order valence-corrected chi connectivity index (χ2v) is 6.66. The lowest BCUT2D eigenvalue weighted by atomic mass is 10.1. The summed E-state index contributed by atoms with van der Waals surface area (Å²) in [6.45, 7) is -0.365. The van der Waals surface area contributed by atoms with E-state index in [1.165, 1.54) is 6.08 Å². The van der Waals surface area contributed by atoms with Crippen LogP contribution in [0.5, 0.6) is 11.5 Å². The van der Waals surface area contributed by atoms with E-state index in [1.54, 1.807) is 36.4 Å². The Balaban J connectivity index is 1.59. The van der Waals surface area contributed by atoms with E-state index in [1.807, 2.05) is 12.1 Å². The summed E-state index contributed by atoms with van der Waals surface area (Å²) in [4.78, 5) is 23.9. The van der Waals surface area contributed by atoms with Crippen molar-refractivity contribution in [1.29, 1.82) is 5.26 Å². The number of hydrogen-bond donors (Lipinski definition) is 1. The van der Waals surface area contributed by atoms with Crippen molar-refractivity contribution in [1.82, 2.24) is 0 Å². The number of halogens is 1. The molecule has 2 aromatic rings. The molecule has 3 rings (SSSR count). The van der Waals surface area contributed by atoms with Crippen LogP contribution in [-0.4, -0.2) is 25.3 Å². The first-order valence-corrected chi connectivity index (χ1v) is 8.87. The predicted octanol–water partition coefficient (Wildman–Crippen LogP) is 3.11. The number of amides is 1. The molecule has 1 aliphatic heterocycles. The Morgan fingerprint density at radius 1 is 1.19 bits per heavy atom. The molecule has 1 amide bonds. The topological polar surface area (TPSA) is 97.7 Å². The van der Waals surface area contributed by atoms with Crippen molar-refractivity contribution < 1.29 is 23.8 Å². The average Bonchev–Trinajstić information content (AvgIpc) is 3.14. The van der Waals surface area contributed by atoms with Crippen molar-refractivity contribution in [3.05, 3.63) is 57.2 Å². The van der Waals surface area contributed by atoms with E-state index in [0.29, 0.717) is 22.7 Å². The van der Waals surface area contributed by atoms with E-state index >= 15 is 0 Å². The van der Waals surface area contributed by atoms with Crippen LogP contribution < -0.4 is 14.8 Å². The fourth-order valence-electron chi connectivity index (χ4n) is 2.25. The lowest BCUT2D eigenvalue weighted by Crippen LogP contribution is -2.21. The molecule has 0 saturated heterocycles. The van der Waals surface area contributed by atoms with Crippen LogP contribution in [0, 0.1) is 14.9 Å². The zero-order valence-electron chi connectivity index (χ0n) is 13.9. The molecule has 1 heterocycles. The Morgan fingerprint density at radius 2 is 1.93 bits per heavy atom. The molecule has 0 fully saturated rings. The second-order valence-electron chi connectivity index (χ2n) is 5.41. The van der Waals surface area contributed by atoms with Gasteiger partial charge in [-0.1, -0.05) is 6.07 Å². The summed E-state index contributed by atoms with van der Waals surface area (Å²) < 4.78 is 16.4. The molecule has 136 valence electrons. The smallest absolute Gasteiger partial charge is 0.349 e. The van der Waals surface area contributed by atoms with E-state index < -0.39 is 18.5 Å². The third-order valence-corrected chi connectivity index (χ3v) is 4.23. The van der Waals surface area contributed by atoms with E-state index in [-0.39, 0.29) is 12.4 Å². The number of carbonyl (C=O) groups excluding carboxylic acids is 2. The number of fused-ring (bicyclic) bond motifs is 1. The molecule has 7 nitrogen and oxygen atoms in total. The normalized spacial score (nSPS) is 12.2. The largest absolute Gasteiger partial charge is 0.454 e. The molecule has 0 aliphatic carbocycles. The van der Waals surface area contributed by atoms with Crippen LogP contribution in [0.4, 0.5) is 5.69 Å². The fourth-order valence-corrected chi connectivity index (χ4v) is 2.61. The maximum absolute atomic E-state index is 12.1. The van der Waals surface area contributed by atoms with Crippen molar-refractivity contribution in [2.45, 2.75) is 0 Å². The number of ether oxygens (including phenoxy) is 3. The second kappa shape index (κ2) is 8.55. The molecule has 8 heteroatoms. The van der Waals surface area contributed by atoms with Crippen LogP contribution in [0.25, 0.3) is 6.08 Å².